The molecule has 0 spiro atoms. The van der Waals surface area contributed by atoms with E-state index in [-0.39, 0.29) is 83.5 Å². The Balaban J connectivity index is 1.12. The molecular weight excluding hydrogens is 1490 g/mol. The molecular formula is C78H107FN14O21. The number of carbonyl (C=O) groups is 13. The first-order valence-corrected chi connectivity index (χ1v) is 38.6. The SMILES string of the molecule is COc1ccc(C[C@@H]2NC(=O)[C@H]([C@@H](C)O)NC(=O)[C@@H]3[C@@H]4CCN3C(=O)[C@@H]3C/C(C)=C/N(C(C)F)CCCCN(Cc5ccc(cc5)CCNC(=O)[C@]5(C)CCCN5C2=O)C(=O)CCC(=O)N[C@@H](C)C(=O)N[C@H](CNC(=O)CCC(=O)NC2OC(CO)C(O)C(O)C2O)C(=O)N[C@@H](Cc2cccc(c2)CNC(=O)CO4)C(=O)N3)cc1. The van der Waals surface area contributed by atoms with E-state index in [9.17, 15) is 59.1 Å². The molecule has 36 heteroatoms. The number of alkyl halides is 1. The summed E-state index contributed by atoms with van der Waals surface area (Å²) in [4.78, 5) is 196. The number of fused-ring (bicyclic) bond motifs is 15. The number of ether oxygens (including phenoxy) is 3. The van der Waals surface area contributed by atoms with E-state index >= 15 is 33.2 Å². The first-order chi connectivity index (χ1) is 54.3. The smallest absolute Gasteiger partial charge is 0.246 e. The minimum absolute atomic E-state index is 0.0395. The third kappa shape index (κ3) is 23.5. The van der Waals surface area contributed by atoms with Gasteiger partial charge >= 0.3 is 0 Å². The number of aliphatic hydroxyl groups excluding tert-OH is 5. The van der Waals surface area contributed by atoms with Gasteiger partial charge in [0, 0.05) is 97.1 Å². The molecule has 0 aromatic heterocycles. The average molecular weight is 1600 g/mol. The van der Waals surface area contributed by atoms with Gasteiger partial charge in [-0.1, -0.05) is 66.2 Å². The number of amides is 13. The van der Waals surface area contributed by atoms with Crippen molar-refractivity contribution in [2.75, 3.05) is 59.6 Å². The van der Waals surface area contributed by atoms with Crippen molar-refractivity contribution in [3.63, 3.8) is 0 Å². The van der Waals surface area contributed by atoms with E-state index in [1.807, 2.05) is 12.1 Å². The molecule has 16 atom stereocenters. The van der Waals surface area contributed by atoms with Gasteiger partial charge in [-0.15, -0.1) is 0 Å². The summed E-state index contributed by atoms with van der Waals surface area (Å²) in [5.74, 6) is -10.7. The first-order valence-electron chi connectivity index (χ1n) is 38.6. The molecule has 7 heterocycles. The molecule has 10 rings (SSSR count). The second-order valence-corrected chi connectivity index (χ2v) is 30.1. The third-order valence-corrected chi connectivity index (χ3v) is 21.3. The van der Waals surface area contributed by atoms with E-state index in [1.165, 1.54) is 48.8 Å². The fraction of sp³-hybridized carbons (Fsp3) is 0.577. The van der Waals surface area contributed by atoms with Crippen molar-refractivity contribution < 1.29 is 106 Å². The third-order valence-electron chi connectivity index (χ3n) is 21.3. The van der Waals surface area contributed by atoms with Gasteiger partial charge < -0.3 is 113 Å². The predicted octanol–water partition coefficient (Wildman–Crippen LogP) is -3.21. The van der Waals surface area contributed by atoms with Crippen LogP contribution in [0.3, 0.4) is 0 Å². The zero-order valence-corrected chi connectivity index (χ0v) is 64.9. The summed E-state index contributed by atoms with van der Waals surface area (Å²) in [6.07, 6.45) is -13.4. The van der Waals surface area contributed by atoms with Crippen LogP contribution in [0, 0.1) is 0 Å². The predicted molar refractivity (Wildman–Crippen MR) is 404 cm³/mol. The Hall–Kier alpha value is -10.2. The van der Waals surface area contributed by atoms with Crippen LogP contribution in [0.4, 0.5) is 4.39 Å². The van der Waals surface area contributed by atoms with E-state index in [0.29, 0.717) is 47.3 Å². The highest BCUT2D eigenvalue weighted by atomic mass is 19.1. The summed E-state index contributed by atoms with van der Waals surface area (Å²) in [7, 11) is 1.47. The Kier molecular flexibility index (Phi) is 31.3. The molecule has 114 heavy (non-hydrogen) atoms. The lowest BCUT2D eigenvalue weighted by Gasteiger charge is -2.40. The highest BCUT2D eigenvalue weighted by molar-refractivity contribution is 6.00. The minimum atomic E-state index is -1.89. The van der Waals surface area contributed by atoms with Gasteiger partial charge in [-0.2, -0.15) is 0 Å². The Labute approximate surface area is 659 Å². The second kappa shape index (κ2) is 40.7. The average Bonchev–Trinajstić information content (AvgIpc) is 1.61. The van der Waals surface area contributed by atoms with Gasteiger partial charge in [-0.3, -0.25) is 62.3 Å². The van der Waals surface area contributed by atoms with Crippen LogP contribution in [0.5, 0.6) is 5.75 Å². The summed E-state index contributed by atoms with van der Waals surface area (Å²) in [5, 5.41) is 78.7. The van der Waals surface area contributed by atoms with Crippen molar-refractivity contribution in [2.45, 2.75) is 228 Å². The number of halogens is 1. The summed E-state index contributed by atoms with van der Waals surface area (Å²) >= 11 is 0. The van der Waals surface area contributed by atoms with Gasteiger partial charge in [0.2, 0.25) is 76.8 Å². The minimum Gasteiger partial charge on any atom is -0.497 e. The summed E-state index contributed by atoms with van der Waals surface area (Å²) < 4.78 is 33.1. The number of aliphatic hydroxyl groups is 5. The first kappa shape index (κ1) is 87.7. The van der Waals surface area contributed by atoms with Crippen molar-refractivity contribution in [2.24, 2.45) is 0 Å². The Morgan fingerprint density at radius 1 is 0.693 bits per heavy atom. The molecule has 622 valence electrons. The molecule has 0 saturated carbocycles. The number of hydrogen-bond acceptors (Lipinski definition) is 22. The van der Waals surface area contributed by atoms with Crippen LogP contribution >= 0.6 is 0 Å². The van der Waals surface area contributed by atoms with Crippen LogP contribution < -0.4 is 57.9 Å². The van der Waals surface area contributed by atoms with Gasteiger partial charge in [-0.25, -0.2) is 4.39 Å². The molecule has 3 aromatic carbocycles. The van der Waals surface area contributed by atoms with E-state index in [1.54, 1.807) is 74.5 Å². The fourth-order valence-electron chi connectivity index (χ4n) is 14.7. The standard InChI is InChI=1S/C78H107FN14O21/c1-43-33-54-75(109)92-32-26-57-65(92)73(108)89-64(45(3)95)72(107)86-55(35-48-17-19-52(112-6)20-18-48)76(110)93-31-10-27-78(93,5)77(111)80-28-25-47-13-15-49(16-14-47)40-91(30-8-7-29-90(39-43)46(4)79)63(100)24-23-60(97)83-44(2)69(104)87-56(38-82-59(96)21-22-61(98)88-74-68(103)67(102)66(101)58(41-94)114-74)71(106)84-53(70(105)85-54)36-50-11-9-12-51(34-50)37-81-62(99)42-113-57/h9,11-20,34,39,44-46,53-58,64-68,74,94-95,101-103H,7-8,10,21-33,35-38,40-42H2,1-6H3,(H,80,111)(H,81,99)(H,82,96)(H,83,97)(H,84,106)(H,85,105)(H,86,107)(H,87,104)(H,88,98)(H,89,108)/b43-39+/t44-,45+,46?,53-,54-,55-,56+,57-,58?,64-,65-,66?,67?,68?,74?,78-/m0/s1. The van der Waals surface area contributed by atoms with Gasteiger partial charge in [0.1, 0.15) is 84.6 Å². The molecule has 3 saturated heterocycles. The number of benzene rings is 3. The largest absolute Gasteiger partial charge is 0.497 e. The molecule has 3 fully saturated rings. The van der Waals surface area contributed by atoms with Crippen LogP contribution in [0.2, 0.25) is 0 Å². The number of carbonyl (C=O) groups excluding carboxylic acids is 13. The Bertz CT molecular complexity index is 3980. The maximum Gasteiger partial charge on any atom is 0.246 e. The van der Waals surface area contributed by atoms with Crippen molar-refractivity contribution in [3.8, 4) is 5.75 Å². The summed E-state index contributed by atoms with van der Waals surface area (Å²) in [6.45, 7) is 4.67. The molecule has 7 aliphatic heterocycles. The maximum atomic E-state index is 16.1. The molecule has 0 radical (unpaired) electrons. The lowest BCUT2D eigenvalue weighted by Crippen LogP contribution is -2.64. The zero-order chi connectivity index (χ0) is 82.7. The van der Waals surface area contributed by atoms with E-state index in [4.69, 9.17) is 14.2 Å². The van der Waals surface area contributed by atoms with Crippen molar-refractivity contribution in [3.05, 3.63) is 112 Å². The molecule has 3 aromatic rings. The normalized spacial score (nSPS) is 29.3. The van der Waals surface area contributed by atoms with Crippen LogP contribution in [0.25, 0.3) is 0 Å². The zero-order valence-electron chi connectivity index (χ0n) is 64.9. The highest BCUT2D eigenvalue weighted by Gasteiger charge is 2.50. The number of nitrogens with zero attached hydrogens (tertiary/aromatic N) is 4. The lowest BCUT2D eigenvalue weighted by molar-refractivity contribution is -0.236. The quantitative estimate of drug-likeness (QED) is 0.0794. The maximum absolute atomic E-state index is 16.1. The van der Waals surface area contributed by atoms with Gasteiger partial charge in [0.15, 0.2) is 12.5 Å². The number of hydrogen-bond donors (Lipinski definition) is 15. The van der Waals surface area contributed by atoms with Crippen LogP contribution in [0.1, 0.15) is 127 Å². The van der Waals surface area contributed by atoms with Gasteiger partial charge in [-0.05, 0) is 120 Å². The lowest BCUT2D eigenvalue weighted by atomic mass is 9.95. The van der Waals surface area contributed by atoms with Crippen LogP contribution in [-0.4, -0.2) is 278 Å². The number of methoxy groups -OCH3 is 1. The van der Waals surface area contributed by atoms with E-state index in [0.717, 1.165) is 10.5 Å². The van der Waals surface area contributed by atoms with Crippen molar-refractivity contribution in [1.29, 1.82) is 0 Å². The monoisotopic (exact) mass is 1590 g/mol. The Morgan fingerprint density at radius 3 is 2.10 bits per heavy atom. The van der Waals surface area contributed by atoms with Crippen LogP contribution in [0.15, 0.2) is 84.6 Å². The van der Waals surface area contributed by atoms with E-state index < -0.39 is 226 Å². The van der Waals surface area contributed by atoms with Crippen molar-refractivity contribution in [1.82, 2.24) is 72.8 Å². The summed E-state index contributed by atoms with van der Waals surface area (Å²) in [6, 6.07) is 8.46. The molecule has 0 aliphatic carbocycles. The van der Waals surface area contributed by atoms with Gasteiger partial charge in [0.25, 0.3) is 0 Å². The van der Waals surface area contributed by atoms with Gasteiger partial charge in [0.05, 0.1) is 25.9 Å². The topological polar surface area (TPSA) is 484 Å². The van der Waals surface area contributed by atoms with Crippen LogP contribution in [-0.2, 0) is 104 Å². The molecule has 10 bridgehead atoms. The van der Waals surface area contributed by atoms with E-state index in [2.05, 4.69) is 53.2 Å². The molecule has 7 aliphatic rings. The fourth-order valence-corrected chi connectivity index (χ4v) is 14.7. The highest BCUT2D eigenvalue weighted by Crippen LogP contribution is 2.32. The molecule has 13 amide bonds. The number of rotatable bonds is 12. The summed E-state index contributed by atoms with van der Waals surface area (Å²) in [5.41, 5.74) is 1.70. The molecule has 35 nitrogen and oxygen atoms in total. The Morgan fingerprint density at radius 2 is 1.39 bits per heavy atom. The second-order valence-electron chi connectivity index (χ2n) is 30.1. The number of nitrogens with one attached hydrogen (secondary N) is 10. The molecule has 6 unspecified atom stereocenters. The molecule has 15 N–H and O–H groups in total. The van der Waals surface area contributed by atoms with Crippen molar-refractivity contribution >= 4 is 76.8 Å².